The monoisotopic (exact) mass is 492 g/mol. The van der Waals surface area contributed by atoms with Crippen molar-refractivity contribution in [1.29, 1.82) is 0 Å². The van der Waals surface area contributed by atoms with E-state index in [0.717, 1.165) is 76.0 Å². The zero-order valence-electron chi connectivity index (χ0n) is 19.9. The number of alkyl halides is 3. The number of benzene rings is 1. The number of unbranched alkanes of at least 4 members (excludes halogenated alkanes) is 2. The molecule has 0 spiro atoms. The molecule has 1 fully saturated rings. The average Bonchev–Trinajstić information content (AvgIpc) is 2.78. The van der Waals surface area contributed by atoms with Crippen molar-refractivity contribution >= 4 is 10.0 Å². The summed E-state index contributed by atoms with van der Waals surface area (Å²) in [4.78, 5) is 2.16. The summed E-state index contributed by atoms with van der Waals surface area (Å²) in [7, 11) is -2.29. The second kappa shape index (κ2) is 13.1. The molecule has 1 aromatic rings. The number of likely N-dealkylation sites (N-methyl/N-ethyl adjacent to an activating group) is 1. The number of rotatable bonds is 13. The Kier molecular flexibility index (Phi) is 11.1. The van der Waals surface area contributed by atoms with Crippen LogP contribution in [0.5, 0.6) is 0 Å². The molecule has 0 atom stereocenters. The van der Waals surface area contributed by atoms with Gasteiger partial charge in [-0.1, -0.05) is 39.0 Å². The molecule has 0 heterocycles. The van der Waals surface area contributed by atoms with Gasteiger partial charge in [-0.3, -0.25) is 0 Å². The third-order valence-electron chi connectivity index (χ3n) is 6.82. The van der Waals surface area contributed by atoms with Crippen LogP contribution in [0.1, 0.15) is 63.9 Å². The Balaban J connectivity index is 1.72. The fourth-order valence-electron chi connectivity index (χ4n) is 4.67. The van der Waals surface area contributed by atoms with E-state index in [4.69, 9.17) is 5.11 Å². The quantitative estimate of drug-likeness (QED) is 0.394. The van der Waals surface area contributed by atoms with Gasteiger partial charge in [0.15, 0.2) is 0 Å². The molecule has 0 amide bonds. The van der Waals surface area contributed by atoms with Crippen molar-refractivity contribution in [3.05, 3.63) is 29.8 Å². The molecule has 1 saturated carbocycles. The van der Waals surface area contributed by atoms with E-state index >= 15 is 0 Å². The van der Waals surface area contributed by atoms with Crippen LogP contribution in [0.4, 0.5) is 13.2 Å². The minimum absolute atomic E-state index is 0.104. The van der Waals surface area contributed by atoms with Gasteiger partial charge in [-0.25, -0.2) is 12.7 Å². The molecule has 0 bridgehead atoms. The summed E-state index contributed by atoms with van der Waals surface area (Å²) >= 11 is 0. The molecular weight excluding hydrogens is 453 g/mol. The zero-order chi connectivity index (χ0) is 24.5. The fraction of sp³-hybridized carbons (Fsp3) is 0.750. The van der Waals surface area contributed by atoms with Crippen LogP contribution < -0.4 is 0 Å². The van der Waals surface area contributed by atoms with Crippen molar-refractivity contribution in [2.45, 2.75) is 69.4 Å². The molecule has 0 saturated heterocycles. The van der Waals surface area contributed by atoms with Gasteiger partial charge in [-0.2, -0.15) is 13.2 Å². The first-order valence-electron chi connectivity index (χ1n) is 12.0. The number of aliphatic hydroxyl groups is 1. The van der Waals surface area contributed by atoms with Gasteiger partial charge in [0.05, 0.1) is 17.1 Å². The first kappa shape index (κ1) is 28.1. The number of hydrogen-bond donors (Lipinski definition) is 1. The normalized spacial score (nSPS) is 20.0. The highest BCUT2D eigenvalue weighted by molar-refractivity contribution is 7.89. The Hall–Kier alpha value is -1.16. The zero-order valence-corrected chi connectivity index (χ0v) is 20.7. The van der Waals surface area contributed by atoms with Gasteiger partial charge in [-0.05, 0) is 68.5 Å². The van der Waals surface area contributed by atoms with Gasteiger partial charge in [0.25, 0.3) is 0 Å². The van der Waals surface area contributed by atoms with Crippen molar-refractivity contribution in [2.75, 3.05) is 39.8 Å². The topological polar surface area (TPSA) is 60.9 Å². The van der Waals surface area contributed by atoms with Gasteiger partial charge in [0, 0.05) is 20.1 Å². The number of hydrogen-bond acceptors (Lipinski definition) is 4. The maximum absolute atomic E-state index is 12.8. The molecule has 2 rings (SSSR count). The predicted molar refractivity (Wildman–Crippen MR) is 124 cm³/mol. The SMILES string of the molecule is CCN(CCO)CCCCCC1CCC(CN(C)S(=O)(=O)c2ccc(C(F)(F)F)cc2)CC1. The fourth-order valence-corrected chi connectivity index (χ4v) is 5.92. The Morgan fingerprint density at radius 1 is 0.970 bits per heavy atom. The molecule has 0 unspecified atom stereocenters. The van der Waals surface area contributed by atoms with Crippen LogP contribution >= 0.6 is 0 Å². The lowest BCUT2D eigenvalue weighted by molar-refractivity contribution is -0.137. The summed E-state index contributed by atoms with van der Waals surface area (Å²) in [6.45, 7) is 5.45. The second-order valence-corrected chi connectivity index (χ2v) is 11.2. The molecule has 0 aliphatic heterocycles. The lowest BCUT2D eigenvalue weighted by Crippen LogP contribution is -2.33. The molecule has 0 radical (unpaired) electrons. The minimum Gasteiger partial charge on any atom is -0.395 e. The largest absolute Gasteiger partial charge is 0.416 e. The van der Waals surface area contributed by atoms with E-state index in [2.05, 4.69) is 11.8 Å². The first-order valence-corrected chi connectivity index (χ1v) is 13.5. The van der Waals surface area contributed by atoms with E-state index in [9.17, 15) is 21.6 Å². The number of aliphatic hydroxyl groups excluding tert-OH is 1. The third-order valence-corrected chi connectivity index (χ3v) is 8.66. The van der Waals surface area contributed by atoms with E-state index in [0.29, 0.717) is 12.5 Å². The average molecular weight is 493 g/mol. The van der Waals surface area contributed by atoms with E-state index in [-0.39, 0.29) is 17.4 Å². The van der Waals surface area contributed by atoms with Gasteiger partial charge in [0.1, 0.15) is 0 Å². The Bertz CT molecular complexity index is 792. The van der Waals surface area contributed by atoms with Crippen molar-refractivity contribution in [3.8, 4) is 0 Å². The van der Waals surface area contributed by atoms with Crippen molar-refractivity contribution < 1.29 is 26.7 Å². The lowest BCUT2D eigenvalue weighted by Gasteiger charge is -2.31. The Morgan fingerprint density at radius 3 is 2.12 bits per heavy atom. The van der Waals surface area contributed by atoms with Crippen LogP contribution in [0.25, 0.3) is 0 Å². The van der Waals surface area contributed by atoms with Gasteiger partial charge in [-0.15, -0.1) is 0 Å². The molecule has 190 valence electrons. The highest BCUT2D eigenvalue weighted by Crippen LogP contribution is 2.34. The Morgan fingerprint density at radius 2 is 1.58 bits per heavy atom. The smallest absolute Gasteiger partial charge is 0.395 e. The van der Waals surface area contributed by atoms with Crippen LogP contribution in [-0.2, 0) is 16.2 Å². The highest BCUT2D eigenvalue weighted by atomic mass is 32.2. The molecule has 1 aromatic carbocycles. The summed E-state index contributed by atoms with van der Waals surface area (Å²) in [6, 6.07) is 3.71. The third kappa shape index (κ3) is 8.85. The van der Waals surface area contributed by atoms with Crippen LogP contribution in [0.2, 0.25) is 0 Å². The van der Waals surface area contributed by atoms with Crippen molar-refractivity contribution in [1.82, 2.24) is 9.21 Å². The van der Waals surface area contributed by atoms with Gasteiger partial charge in [0.2, 0.25) is 10.0 Å². The number of sulfonamides is 1. The molecule has 1 N–H and O–H groups in total. The summed E-state index contributed by atoms with van der Waals surface area (Å²) < 4.78 is 65.0. The standard InChI is InChI=1S/C24H39F3N2O3S/c1-3-29(17-18-30)16-6-4-5-7-20-8-10-21(11-9-20)19-28(2)33(31,32)23-14-12-22(13-15-23)24(25,26)27/h12-15,20-21,30H,3-11,16-19H2,1-2H3. The summed E-state index contributed by atoms with van der Waals surface area (Å²) in [5.41, 5.74) is -0.852. The van der Waals surface area contributed by atoms with Gasteiger partial charge >= 0.3 is 6.18 Å². The predicted octanol–water partition coefficient (Wildman–Crippen LogP) is 5.01. The summed E-state index contributed by atoms with van der Waals surface area (Å²) in [5.74, 6) is 0.977. The minimum atomic E-state index is -4.48. The van der Waals surface area contributed by atoms with Crippen molar-refractivity contribution in [3.63, 3.8) is 0 Å². The lowest BCUT2D eigenvalue weighted by atomic mass is 9.80. The van der Waals surface area contributed by atoms with E-state index in [1.54, 1.807) is 0 Å². The van der Waals surface area contributed by atoms with E-state index in [1.807, 2.05) is 0 Å². The molecule has 33 heavy (non-hydrogen) atoms. The van der Waals surface area contributed by atoms with Crippen LogP contribution in [0.3, 0.4) is 0 Å². The highest BCUT2D eigenvalue weighted by Gasteiger charge is 2.32. The molecular formula is C24H39F3N2O3S. The van der Waals surface area contributed by atoms with E-state index < -0.39 is 21.8 Å². The molecule has 9 heteroatoms. The maximum atomic E-state index is 12.8. The Labute approximate surface area is 197 Å². The van der Waals surface area contributed by atoms with Crippen LogP contribution in [0, 0.1) is 11.8 Å². The summed E-state index contributed by atoms with van der Waals surface area (Å²) in [6.07, 6.45) is 4.44. The van der Waals surface area contributed by atoms with Crippen molar-refractivity contribution in [2.24, 2.45) is 11.8 Å². The first-order chi connectivity index (χ1) is 15.6. The van der Waals surface area contributed by atoms with Crippen LogP contribution in [0.15, 0.2) is 29.2 Å². The number of nitrogens with zero attached hydrogens (tertiary/aromatic N) is 2. The summed E-state index contributed by atoms with van der Waals surface area (Å²) in [5, 5.41) is 9.04. The number of halogens is 3. The second-order valence-electron chi connectivity index (χ2n) is 9.20. The molecule has 1 aliphatic rings. The van der Waals surface area contributed by atoms with Gasteiger partial charge < -0.3 is 10.0 Å². The molecule has 1 aliphatic carbocycles. The molecule has 5 nitrogen and oxygen atoms in total. The maximum Gasteiger partial charge on any atom is 0.416 e. The van der Waals surface area contributed by atoms with E-state index in [1.165, 1.54) is 30.6 Å². The molecule has 0 aromatic heterocycles. The van der Waals surface area contributed by atoms with Crippen LogP contribution in [-0.4, -0.2) is 62.6 Å².